The van der Waals surface area contributed by atoms with Crippen molar-refractivity contribution in [3.8, 4) is 11.4 Å². The van der Waals surface area contributed by atoms with E-state index in [2.05, 4.69) is 20.7 Å². The molecular formula is C16H13ClFN5O. The second-order valence-corrected chi connectivity index (χ2v) is 5.49. The maximum atomic E-state index is 12.8. The molecule has 0 aliphatic heterocycles. The van der Waals surface area contributed by atoms with Crippen molar-refractivity contribution in [2.75, 3.05) is 0 Å². The molecule has 0 aliphatic rings. The van der Waals surface area contributed by atoms with Gasteiger partial charge in [-0.3, -0.25) is 4.79 Å². The van der Waals surface area contributed by atoms with E-state index in [1.807, 2.05) is 6.07 Å². The summed E-state index contributed by atoms with van der Waals surface area (Å²) in [7, 11) is 0. The first-order valence-electron chi connectivity index (χ1n) is 7.15. The Hall–Kier alpha value is -2.80. The van der Waals surface area contributed by atoms with Crippen LogP contribution in [0.2, 0.25) is 5.02 Å². The van der Waals surface area contributed by atoms with Crippen molar-refractivity contribution in [3.05, 3.63) is 64.9 Å². The van der Waals surface area contributed by atoms with E-state index in [4.69, 9.17) is 11.6 Å². The Labute approximate surface area is 142 Å². The van der Waals surface area contributed by atoms with E-state index in [1.54, 1.807) is 30.3 Å². The van der Waals surface area contributed by atoms with Crippen LogP contribution < -0.4 is 5.32 Å². The minimum absolute atomic E-state index is 0.0608. The van der Waals surface area contributed by atoms with Crippen molar-refractivity contribution in [3.63, 3.8) is 0 Å². The second-order valence-electron chi connectivity index (χ2n) is 5.06. The van der Waals surface area contributed by atoms with E-state index < -0.39 is 0 Å². The minimum Gasteiger partial charge on any atom is -0.350 e. The topological polar surface area (TPSA) is 72.7 Å². The molecule has 0 saturated heterocycles. The molecule has 0 atom stereocenters. The lowest BCUT2D eigenvalue weighted by Crippen LogP contribution is -2.28. The van der Waals surface area contributed by atoms with Crippen LogP contribution in [0.4, 0.5) is 4.39 Å². The predicted molar refractivity (Wildman–Crippen MR) is 86.5 cm³/mol. The molecule has 1 N–H and O–H groups in total. The van der Waals surface area contributed by atoms with Gasteiger partial charge < -0.3 is 5.32 Å². The number of hydrogen-bond acceptors (Lipinski definition) is 4. The number of hydrogen-bond donors (Lipinski definition) is 1. The number of halogens is 2. The van der Waals surface area contributed by atoms with E-state index in [9.17, 15) is 9.18 Å². The summed E-state index contributed by atoms with van der Waals surface area (Å²) in [5.74, 6) is -0.191. The standard InChI is InChI=1S/C16H13ClFN5O/c17-13-3-1-2-12(8-13)16-20-22-23(21-16)10-15(24)19-9-11-4-6-14(18)7-5-11/h1-8H,9-10H2,(H,19,24). The van der Waals surface area contributed by atoms with Gasteiger partial charge in [0.15, 0.2) is 0 Å². The number of benzene rings is 2. The quantitative estimate of drug-likeness (QED) is 0.771. The molecule has 3 rings (SSSR count). The third-order valence-electron chi connectivity index (χ3n) is 3.22. The maximum absolute atomic E-state index is 12.8. The highest BCUT2D eigenvalue weighted by Crippen LogP contribution is 2.18. The molecule has 24 heavy (non-hydrogen) atoms. The highest BCUT2D eigenvalue weighted by molar-refractivity contribution is 6.30. The molecule has 0 bridgehead atoms. The fourth-order valence-electron chi connectivity index (χ4n) is 2.04. The molecule has 122 valence electrons. The summed E-state index contributed by atoms with van der Waals surface area (Å²) in [6, 6.07) is 13.0. The fraction of sp³-hybridized carbons (Fsp3) is 0.125. The number of nitrogens with zero attached hydrogens (tertiary/aromatic N) is 4. The third-order valence-corrected chi connectivity index (χ3v) is 3.46. The first-order valence-corrected chi connectivity index (χ1v) is 7.53. The summed E-state index contributed by atoms with van der Waals surface area (Å²) < 4.78 is 12.8. The molecule has 0 saturated carbocycles. The van der Waals surface area contributed by atoms with Gasteiger partial charge in [-0.05, 0) is 35.0 Å². The Morgan fingerprint density at radius 1 is 1.21 bits per heavy atom. The smallest absolute Gasteiger partial charge is 0.243 e. The summed E-state index contributed by atoms with van der Waals surface area (Å²) in [4.78, 5) is 13.1. The molecule has 2 aromatic carbocycles. The number of rotatable bonds is 5. The van der Waals surface area contributed by atoms with Crippen molar-refractivity contribution < 1.29 is 9.18 Å². The van der Waals surface area contributed by atoms with E-state index in [0.29, 0.717) is 17.4 Å². The fourth-order valence-corrected chi connectivity index (χ4v) is 2.23. The van der Waals surface area contributed by atoms with Crippen LogP contribution in [0.25, 0.3) is 11.4 Å². The third kappa shape index (κ3) is 4.14. The molecular weight excluding hydrogens is 333 g/mol. The normalized spacial score (nSPS) is 10.6. The summed E-state index contributed by atoms with van der Waals surface area (Å²) in [6.07, 6.45) is 0. The summed E-state index contributed by atoms with van der Waals surface area (Å²) in [5, 5.41) is 15.2. The average molecular weight is 346 g/mol. The zero-order valence-corrected chi connectivity index (χ0v) is 13.2. The van der Waals surface area contributed by atoms with E-state index in [-0.39, 0.29) is 18.3 Å². The van der Waals surface area contributed by atoms with Crippen LogP contribution in [0.15, 0.2) is 48.5 Å². The number of aromatic nitrogens is 4. The lowest BCUT2D eigenvalue weighted by Gasteiger charge is -2.04. The Morgan fingerprint density at radius 3 is 2.75 bits per heavy atom. The number of nitrogens with one attached hydrogen (secondary N) is 1. The van der Waals surface area contributed by atoms with E-state index in [1.165, 1.54) is 16.9 Å². The van der Waals surface area contributed by atoms with Crippen molar-refractivity contribution in [2.45, 2.75) is 13.1 Å². The Balaban J connectivity index is 1.58. The Bertz CT molecular complexity index is 850. The monoisotopic (exact) mass is 345 g/mol. The zero-order valence-electron chi connectivity index (χ0n) is 12.5. The van der Waals surface area contributed by atoms with Crippen LogP contribution in [0.1, 0.15) is 5.56 Å². The van der Waals surface area contributed by atoms with E-state index in [0.717, 1.165) is 11.1 Å². The average Bonchev–Trinajstić information content (AvgIpc) is 3.03. The summed E-state index contributed by atoms with van der Waals surface area (Å²) in [5.41, 5.74) is 1.52. The second kappa shape index (κ2) is 7.18. The van der Waals surface area contributed by atoms with Crippen LogP contribution in [0.3, 0.4) is 0 Å². The van der Waals surface area contributed by atoms with E-state index >= 15 is 0 Å². The van der Waals surface area contributed by atoms with Gasteiger partial charge in [-0.15, -0.1) is 10.2 Å². The van der Waals surface area contributed by atoms with Crippen LogP contribution in [0, 0.1) is 5.82 Å². The highest BCUT2D eigenvalue weighted by atomic mass is 35.5. The van der Waals surface area contributed by atoms with Crippen molar-refractivity contribution in [1.29, 1.82) is 0 Å². The number of carbonyl (C=O) groups is 1. The molecule has 1 amide bonds. The molecule has 0 fully saturated rings. The van der Waals surface area contributed by atoms with Crippen LogP contribution in [0.5, 0.6) is 0 Å². The summed E-state index contributed by atoms with van der Waals surface area (Å²) >= 11 is 5.92. The zero-order chi connectivity index (χ0) is 16.9. The van der Waals surface area contributed by atoms with Gasteiger partial charge in [0.05, 0.1) is 0 Å². The SMILES string of the molecule is O=C(Cn1nnc(-c2cccc(Cl)c2)n1)NCc1ccc(F)cc1. The van der Waals surface area contributed by atoms with Gasteiger partial charge in [0.2, 0.25) is 11.7 Å². The number of tetrazole rings is 1. The van der Waals surface area contributed by atoms with Crippen LogP contribution in [-0.2, 0) is 17.9 Å². The van der Waals surface area contributed by atoms with Gasteiger partial charge in [-0.1, -0.05) is 35.9 Å². The lowest BCUT2D eigenvalue weighted by molar-refractivity contribution is -0.122. The van der Waals surface area contributed by atoms with Gasteiger partial charge in [0.25, 0.3) is 0 Å². The van der Waals surface area contributed by atoms with Gasteiger partial charge >= 0.3 is 0 Å². The number of carbonyl (C=O) groups excluding carboxylic acids is 1. The number of amides is 1. The molecule has 8 heteroatoms. The molecule has 6 nitrogen and oxygen atoms in total. The van der Waals surface area contributed by atoms with Crippen molar-refractivity contribution in [1.82, 2.24) is 25.5 Å². The maximum Gasteiger partial charge on any atom is 0.243 e. The van der Waals surface area contributed by atoms with Crippen molar-refractivity contribution >= 4 is 17.5 Å². The largest absolute Gasteiger partial charge is 0.350 e. The molecule has 0 unspecified atom stereocenters. The van der Waals surface area contributed by atoms with Gasteiger partial charge in [-0.25, -0.2) is 4.39 Å². The van der Waals surface area contributed by atoms with Crippen LogP contribution in [-0.4, -0.2) is 26.1 Å². The van der Waals surface area contributed by atoms with Gasteiger partial charge in [-0.2, -0.15) is 4.80 Å². The molecule has 3 aromatic rings. The molecule has 0 aliphatic carbocycles. The minimum atomic E-state index is -0.314. The summed E-state index contributed by atoms with van der Waals surface area (Å²) in [6.45, 7) is 0.240. The predicted octanol–water partition coefficient (Wildman–Crippen LogP) is 2.45. The molecule has 0 spiro atoms. The van der Waals surface area contributed by atoms with Crippen molar-refractivity contribution in [2.24, 2.45) is 0 Å². The van der Waals surface area contributed by atoms with Gasteiger partial charge in [0.1, 0.15) is 12.4 Å². The lowest BCUT2D eigenvalue weighted by atomic mass is 10.2. The van der Waals surface area contributed by atoms with Gasteiger partial charge in [0, 0.05) is 17.1 Å². The highest BCUT2D eigenvalue weighted by Gasteiger charge is 2.09. The Morgan fingerprint density at radius 2 is 2.00 bits per heavy atom. The Kier molecular flexibility index (Phi) is 4.81. The van der Waals surface area contributed by atoms with Crippen LogP contribution >= 0.6 is 11.6 Å². The first-order chi connectivity index (χ1) is 11.6. The molecule has 1 heterocycles. The first kappa shape index (κ1) is 16.1. The molecule has 1 aromatic heterocycles. The molecule has 0 radical (unpaired) electrons.